The Morgan fingerprint density at radius 1 is 1.12 bits per heavy atom. The van der Waals surface area contributed by atoms with Crippen LogP contribution in [0.15, 0.2) is 52.9 Å². The Morgan fingerprint density at radius 2 is 1.96 bits per heavy atom. The first-order valence-corrected chi connectivity index (χ1v) is 21.3. The van der Waals surface area contributed by atoms with E-state index < -0.39 is 20.9 Å². The number of nitrogens with zero attached hydrogens (tertiary/aromatic N) is 2. The number of allylic oxidation sites excluding steroid dienone is 1. The molecule has 0 radical (unpaired) electrons. The average molecular weight is 753 g/mol. The maximum Gasteiger partial charge on any atom is 0.285 e. The molecule has 1 spiro atoms. The number of aryl methyl sites for hydroxylation is 1. The molecule has 0 N–H and O–H groups in total. The summed E-state index contributed by atoms with van der Waals surface area (Å²) in [6.07, 6.45) is 12.5. The number of Topliss-reactive ketones (excluding diaryl/α,β-unsaturated/α-hetero) is 1. The van der Waals surface area contributed by atoms with E-state index in [1.807, 2.05) is 25.1 Å². The van der Waals surface area contributed by atoms with Crippen molar-refractivity contribution < 1.29 is 32.7 Å². The number of carbonyl (C=O) groups excluding carboxylic acids is 2. The number of anilines is 1. The Hall–Kier alpha value is -2.76. The van der Waals surface area contributed by atoms with Gasteiger partial charge in [0, 0.05) is 54.7 Å². The van der Waals surface area contributed by atoms with Crippen LogP contribution >= 0.6 is 11.6 Å². The minimum atomic E-state index is -3.29. The van der Waals surface area contributed by atoms with E-state index in [1.54, 1.807) is 13.2 Å². The topological polar surface area (TPSA) is 104 Å². The first-order chi connectivity index (χ1) is 25.2. The van der Waals surface area contributed by atoms with Gasteiger partial charge in [-0.25, -0.2) is 4.21 Å². The highest BCUT2D eigenvalue weighted by Gasteiger charge is 2.44. The summed E-state index contributed by atoms with van der Waals surface area (Å²) in [5, 5.41) is 0.302. The fourth-order valence-corrected chi connectivity index (χ4v) is 11.7. The number of amides is 1. The fraction of sp³-hybridized carbons (Fsp3) is 0.610. The molecule has 7 rings (SSSR count). The highest BCUT2D eigenvalue weighted by atomic mass is 35.5. The van der Waals surface area contributed by atoms with Crippen molar-refractivity contribution in [3.05, 3.63) is 70.3 Å². The lowest BCUT2D eigenvalue weighted by Gasteiger charge is -2.46. The van der Waals surface area contributed by atoms with Crippen LogP contribution in [-0.2, 0) is 40.6 Å². The predicted octanol–water partition coefficient (Wildman–Crippen LogP) is 7.36. The summed E-state index contributed by atoms with van der Waals surface area (Å²) in [4.78, 5) is 29.9. The van der Waals surface area contributed by atoms with Gasteiger partial charge >= 0.3 is 0 Å². The van der Waals surface area contributed by atoms with Gasteiger partial charge in [0.1, 0.15) is 12.4 Å². The number of fused-ring (bicyclic) bond motifs is 4. The Bertz CT molecular complexity index is 1780. The summed E-state index contributed by atoms with van der Waals surface area (Å²) in [6, 6.07) is 11.7. The summed E-state index contributed by atoms with van der Waals surface area (Å²) in [5.41, 5.74) is 3.51. The Balaban J connectivity index is 1.26. The van der Waals surface area contributed by atoms with E-state index in [0.29, 0.717) is 56.5 Å². The normalized spacial score (nSPS) is 31.7. The van der Waals surface area contributed by atoms with Crippen molar-refractivity contribution in [3.8, 4) is 5.75 Å². The largest absolute Gasteiger partial charge is 0.490 e. The van der Waals surface area contributed by atoms with Crippen LogP contribution in [0.25, 0.3) is 0 Å². The Labute approximate surface area is 313 Å². The quantitative estimate of drug-likeness (QED) is 0.271. The molecule has 2 fully saturated rings. The standard InChI is InChI=1S/C41H53ClN2O7S/c1-3-34-8-4-5-9-38(48-2)35-13-10-30(35)23-44-26-41(18-6-7-28-21-31(42)12-14-36(28)41)27-51-39-15-11-29(22-37(39)44)40(46)43-52(34,47)25-32(45)24-50-33-16-19-49-20-17-33/h5,9,11-12,14-15,21-22,30,33-35,38H,3-4,6-8,10,13,16-20,23-27H2,1-2H3/b9-5+/t30-,34+,35+,38-,41-,52+/m0/s1. The number of halogens is 1. The maximum absolute atomic E-state index is 14.9. The molecule has 0 aromatic heterocycles. The van der Waals surface area contributed by atoms with E-state index in [0.717, 1.165) is 74.5 Å². The lowest BCUT2D eigenvalue weighted by atomic mass is 9.68. The minimum absolute atomic E-state index is 0.0354. The van der Waals surface area contributed by atoms with Crippen LogP contribution in [0.1, 0.15) is 86.2 Å². The monoisotopic (exact) mass is 752 g/mol. The smallest absolute Gasteiger partial charge is 0.285 e. The zero-order valence-electron chi connectivity index (χ0n) is 30.6. The van der Waals surface area contributed by atoms with Gasteiger partial charge in [-0.05, 0) is 118 Å². The lowest BCUT2D eigenvalue weighted by Crippen LogP contribution is -2.49. The molecule has 1 saturated carbocycles. The average Bonchev–Trinajstić information content (AvgIpc) is 3.28. The van der Waals surface area contributed by atoms with E-state index in [2.05, 4.69) is 33.5 Å². The van der Waals surface area contributed by atoms with Crippen LogP contribution in [0, 0.1) is 11.8 Å². The second-order valence-electron chi connectivity index (χ2n) is 15.4. The van der Waals surface area contributed by atoms with Crippen molar-refractivity contribution >= 4 is 38.7 Å². The number of hydrogen-bond acceptors (Lipinski definition) is 8. The highest BCUT2D eigenvalue weighted by molar-refractivity contribution is 7.95. The first kappa shape index (κ1) is 37.6. The Kier molecular flexibility index (Phi) is 11.8. The summed E-state index contributed by atoms with van der Waals surface area (Å²) in [6.45, 7) is 5.05. The van der Waals surface area contributed by atoms with Crippen LogP contribution in [0.2, 0.25) is 5.02 Å². The van der Waals surface area contributed by atoms with Crippen LogP contribution in [0.4, 0.5) is 5.69 Å². The second-order valence-corrected chi connectivity index (χ2v) is 18.4. The molecule has 282 valence electrons. The molecule has 3 aliphatic heterocycles. The van der Waals surface area contributed by atoms with Crippen LogP contribution < -0.4 is 9.64 Å². The molecular weight excluding hydrogens is 700 g/mol. The molecule has 2 bridgehead atoms. The van der Waals surface area contributed by atoms with Gasteiger partial charge in [-0.3, -0.25) is 9.59 Å². The Morgan fingerprint density at radius 3 is 2.73 bits per heavy atom. The van der Waals surface area contributed by atoms with E-state index >= 15 is 0 Å². The number of ketones is 1. The highest BCUT2D eigenvalue weighted by Crippen LogP contribution is 2.47. The molecule has 2 aromatic carbocycles. The number of hydrogen-bond donors (Lipinski definition) is 0. The number of rotatable bonds is 7. The van der Waals surface area contributed by atoms with Gasteiger partial charge in [0.15, 0.2) is 5.78 Å². The van der Waals surface area contributed by atoms with Crippen molar-refractivity contribution in [2.24, 2.45) is 16.2 Å². The molecule has 1 saturated heterocycles. The third-order valence-electron chi connectivity index (χ3n) is 12.1. The molecule has 3 heterocycles. The van der Waals surface area contributed by atoms with Gasteiger partial charge in [-0.15, -0.1) is 0 Å². The van der Waals surface area contributed by atoms with Crippen molar-refractivity contribution in [3.63, 3.8) is 0 Å². The number of benzene rings is 2. The summed E-state index contributed by atoms with van der Waals surface area (Å²) in [7, 11) is -1.51. The minimum Gasteiger partial charge on any atom is -0.490 e. The van der Waals surface area contributed by atoms with Crippen molar-refractivity contribution in [1.29, 1.82) is 0 Å². The first-order valence-electron chi connectivity index (χ1n) is 19.2. The second kappa shape index (κ2) is 16.3. The van der Waals surface area contributed by atoms with E-state index in [1.165, 1.54) is 11.1 Å². The van der Waals surface area contributed by atoms with Gasteiger partial charge < -0.3 is 23.8 Å². The van der Waals surface area contributed by atoms with E-state index in [-0.39, 0.29) is 35.8 Å². The van der Waals surface area contributed by atoms with Crippen LogP contribution in [-0.4, -0.2) is 85.7 Å². The van der Waals surface area contributed by atoms with Gasteiger partial charge in [-0.1, -0.05) is 36.7 Å². The van der Waals surface area contributed by atoms with Crippen molar-refractivity contribution in [2.45, 2.75) is 94.0 Å². The van der Waals surface area contributed by atoms with Crippen LogP contribution in [0.3, 0.4) is 0 Å². The molecule has 2 aliphatic carbocycles. The summed E-state index contributed by atoms with van der Waals surface area (Å²) < 4.78 is 43.5. The van der Waals surface area contributed by atoms with Crippen LogP contribution in [0.5, 0.6) is 5.75 Å². The summed E-state index contributed by atoms with van der Waals surface area (Å²) >= 11 is 6.47. The third kappa shape index (κ3) is 8.02. The third-order valence-corrected chi connectivity index (χ3v) is 15.2. The number of carbonyl (C=O) groups is 2. The molecule has 0 unspecified atom stereocenters. The SMILES string of the molecule is CC[C@@H]1CC/C=C/[C@H](OC)[C@@H]2CC[C@H]2CN2C[C@@]3(CCCc4cc(Cl)ccc43)COc3ccc(cc32)C(=O)N=[S@@]1(=O)CC(=O)COC1CCOCC1. The summed E-state index contributed by atoms with van der Waals surface area (Å²) in [5.74, 6) is 0.300. The molecular formula is C41H53ClN2O7S. The predicted molar refractivity (Wildman–Crippen MR) is 204 cm³/mol. The zero-order valence-corrected chi connectivity index (χ0v) is 32.1. The molecule has 11 heteroatoms. The molecule has 5 aliphatic rings. The van der Waals surface area contributed by atoms with Crippen molar-refractivity contribution in [1.82, 2.24) is 0 Å². The maximum atomic E-state index is 14.9. The molecule has 6 atom stereocenters. The molecule has 2 aromatic rings. The van der Waals surface area contributed by atoms with E-state index in [9.17, 15) is 13.8 Å². The fourth-order valence-electron chi connectivity index (χ4n) is 9.08. The van der Waals surface area contributed by atoms with Gasteiger partial charge in [0.2, 0.25) is 0 Å². The molecule has 9 nitrogen and oxygen atoms in total. The van der Waals surface area contributed by atoms with Crippen molar-refractivity contribution in [2.75, 3.05) is 57.3 Å². The van der Waals surface area contributed by atoms with Gasteiger partial charge in [-0.2, -0.15) is 4.36 Å². The number of methoxy groups -OCH3 is 1. The van der Waals surface area contributed by atoms with E-state index in [4.69, 9.17) is 30.5 Å². The molecule has 1 amide bonds. The zero-order chi connectivity index (χ0) is 36.3. The number of ether oxygens (including phenoxy) is 4. The lowest BCUT2D eigenvalue weighted by molar-refractivity contribution is -0.125. The van der Waals surface area contributed by atoms with Gasteiger partial charge in [0.05, 0.1) is 40.0 Å². The molecule has 52 heavy (non-hydrogen) atoms. The van der Waals surface area contributed by atoms with Gasteiger partial charge in [0.25, 0.3) is 5.91 Å².